The predicted molar refractivity (Wildman–Crippen MR) is 93.1 cm³/mol. The molecule has 3 rings (SSSR count). The molecular formula is C19H25N3O. The minimum Gasteiger partial charge on any atom is -0.320 e. The van der Waals surface area contributed by atoms with Gasteiger partial charge in [-0.25, -0.2) is 0 Å². The van der Waals surface area contributed by atoms with Crippen molar-refractivity contribution >= 4 is 11.6 Å². The van der Waals surface area contributed by atoms with Crippen LogP contribution in [0.4, 0.5) is 5.69 Å². The largest absolute Gasteiger partial charge is 0.320 e. The number of nitrogens with one attached hydrogen (secondary N) is 1. The zero-order chi connectivity index (χ0) is 16.9. The van der Waals surface area contributed by atoms with E-state index in [1.54, 1.807) is 4.68 Å². The lowest BCUT2D eigenvalue weighted by molar-refractivity contribution is 0.101. The van der Waals surface area contributed by atoms with Crippen LogP contribution in [0.15, 0.2) is 18.2 Å². The average Bonchev–Trinajstić information content (AvgIpc) is 2.84. The van der Waals surface area contributed by atoms with Gasteiger partial charge >= 0.3 is 0 Å². The standard InChI is InChI=1S/C19H25N3O/c1-11-10-19(4,5)14-8-7-9-15(16(11)14)20-18(23)17-12(2)13(3)21-22(17)6/h7-9,11H,10H2,1-6H3,(H,20,23). The highest BCUT2D eigenvalue weighted by Crippen LogP contribution is 2.48. The predicted octanol–water partition coefficient (Wildman–Crippen LogP) is 4.07. The molecule has 2 aromatic rings. The van der Waals surface area contributed by atoms with Crippen LogP contribution in [0.1, 0.15) is 66.0 Å². The molecule has 23 heavy (non-hydrogen) atoms. The number of nitrogens with zero attached hydrogens (tertiary/aromatic N) is 2. The minimum atomic E-state index is -0.0871. The van der Waals surface area contributed by atoms with Gasteiger partial charge in [-0.05, 0) is 48.8 Å². The number of aromatic nitrogens is 2. The van der Waals surface area contributed by atoms with Crippen LogP contribution in [0.5, 0.6) is 0 Å². The van der Waals surface area contributed by atoms with Crippen molar-refractivity contribution in [1.82, 2.24) is 9.78 Å². The summed E-state index contributed by atoms with van der Waals surface area (Å²) in [6.45, 7) is 10.7. The summed E-state index contributed by atoms with van der Waals surface area (Å²) < 4.78 is 1.66. The second kappa shape index (κ2) is 5.22. The van der Waals surface area contributed by atoms with Crippen LogP contribution in [0, 0.1) is 13.8 Å². The van der Waals surface area contributed by atoms with E-state index in [4.69, 9.17) is 0 Å². The molecule has 1 aliphatic rings. The molecule has 0 saturated heterocycles. The number of hydrogen-bond acceptors (Lipinski definition) is 2. The number of rotatable bonds is 2. The Morgan fingerprint density at radius 1 is 1.35 bits per heavy atom. The molecule has 122 valence electrons. The topological polar surface area (TPSA) is 46.9 Å². The molecule has 0 bridgehead atoms. The van der Waals surface area contributed by atoms with E-state index in [1.807, 2.05) is 33.0 Å². The van der Waals surface area contributed by atoms with Crippen molar-refractivity contribution in [2.24, 2.45) is 7.05 Å². The number of hydrogen-bond donors (Lipinski definition) is 1. The van der Waals surface area contributed by atoms with E-state index >= 15 is 0 Å². The van der Waals surface area contributed by atoms with Crippen molar-refractivity contribution in [3.8, 4) is 0 Å². The Morgan fingerprint density at radius 3 is 2.65 bits per heavy atom. The third kappa shape index (κ3) is 2.46. The normalized spacial score (nSPS) is 18.8. The average molecular weight is 311 g/mol. The smallest absolute Gasteiger partial charge is 0.274 e. The number of fused-ring (bicyclic) bond motifs is 1. The molecule has 1 aromatic heterocycles. The Bertz CT molecular complexity index is 786. The molecule has 0 aliphatic heterocycles. The first-order valence-electron chi connectivity index (χ1n) is 8.17. The highest BCUT2D eigenvalue weighted by molar-refractivity contribution is 6.04. The van der Waals surface area contributed by atoms with E-state index < -0.39 is 0 Å². The van der Waals surface area contributed by atoms with Gasteiger partial charge in [0.1, 0.15) is 5.69 Å². The monoisotopic (exact) mass is 311 g/mol. The fourth-order valence-corrected chi connectivity index (χ4v) is 4.04. The van der Waals surface area contributed by atoms with E-state index in [9.17, 15) is 4.79 Å². The highest BCUT2D eigenvalue weighted by Gasteiger charge is 2.36. The van der Waals surface area contributed by atoms with Gasteiger partial charge in [-0.3, -0.25) is 9.48 Å². The molecule has 1 aliphatic carbocycles. The minimum absolute atomic E-state index is 0.0871. The van der Waals surface area contributed by atoms with Gasteiger partial charge < -0.3 is 5.32 Å². The van der Waals surface area contributed by atoms with Gasteiger partial charge in [-0.2, -0.15) is 5.10 Å². The Morgan fingerprint density at radius 2 is 2.04 bits per heavy atom. The summed E-state index contributed by atoms with van der Waals surface area (Å²) >= 11 is 0. The molecule has 1 aromatic carbocycles. The van der Waals surface area contributed by atoms with Gasteiger partial charge in [-0.15, -0.1) is 0 Å². The summed E-state index contributed by atoms with van der Waals surface area (Å²) in [7, 11) is 1.82. The molecule has 0 saturated carbocycles. The van der Waals surface area contributed by atoms with Crippen LogP contribution >= 0.6 is 0 Å². The summed E-state index contributed by atoms with van der Waals surface area (Å²) in [5.41, 5.74) is 6.18. The van der Waals surface area contributed by atoms with Gasteiger partial charge in [0.25, 0.3) is 5.91 Å². The molecule has 0 fully saturated rings. The quantitative estimate of drug-likeness (QED) is 0.908. The second-order valence-corrected chi connectivity index (χ2v) is 7.39. The third-order valence-corrected chi connectivity index (χ3v) is 5.13. The van der Waals surface area contributed by atoms with Crippen LogP contribution in [0.25, 0.3) is 0 Å². The van der Waals surface area contributed by atoms with Crippen molar-refractivity contribution in [3.05, 3.63) is 46.3 Å². The zero-order valence-electron chi connectivity index (χ0n) is 14.8. The first kappa shape index (κ1) is 15.8. The lowest BCUT2D eigenvalue weighted by Gasteiger charge is -2.19. The maximum absolute atomic E-state index is 12.8. The van der Waals surface area contributed by atoms with E-state index in [2.05, 4.69) is 37.3 Å². The van der Waals surface area contributed by atoms with Gasteiger partial charge in [0, 0.05) is 18.3 Å². The Kier molecular flexibility index (Phi) is 3.58. The summed E-state index contributed by atoms with van der Waals surface area (Å²) in [5.74, 6) is 0.363. The van der Waals surface area contributed by atoms with E-state index in [1.165, 1.54) is 11.1 Å². The maximum Gasteiger partial charge on any atom is 0.274 e. The zero-order valence-corrected chi connectivity index (χ0v) is 14.8. The number of carbonyl (C=O) groups is 1. The first-order chi connectivity index (χ1) is 10.7. The SMILES string of the molecule is Cc1nn(C)c(C(=O)Nc2cccc3c2C(C)CC3(C)C)c1C. The molecule has 1 atom stereocenters. The number of carbonyl (C=O) groups excluding carboxylic acids is 1. The third-order valence-electron chi connectivity index (χ3n) is 5.13. The lowest BCUT2D eigenvalue weighted by Crippen LogP contribution is -2.18. The molecule has 0 radical (unpaired) electrons. The Labute approximate surface area is 137 Å². The number of amides is 1. The highest BCUT2D eigenvalue weighted by atomic mass is 16.2. The Balaban J connectivity index is 1.99. The van der Waals surface area contributed by atoms with Crippen LogP contribution in [-0.4, -0.2) is 15.7 Å². The van der Waals surface area contributed by atoms with E-state index in [0.717, 1.165) is 23.4 Å². The van der Waals surface area contributed by atoms with Gasteiger partial charge in [0.2, 0.25) is 0 Å². The lowest BCUT2D eigenvalue weighted by atomic mass is 9.86. The summed E-state index contributed by atoms with van der Waals surface area (Å²) in [5, 5.41) is 7.46. The van der Waals surface area contributed by atoms with Crippen LogP contribution < -0.4 is 5.32 Å². The molecule has 1 heterocycles. The van der Waals surface area contributed by atoms with Crippen molar-refractivity contribution in [2.75, 3.05) is 5.32 Å². The number of aryl methyl sites for hydroxylation is 2. The summed E-state index contributed by atoms with van der Waals surface area (Å²) in [6, 6.07) is 6.23. The van der Waals surface area contributed by atoms with Gasteiger partial charge in [-0.1, -0.05) is 32.9 Å². The maximum atomic E-state index is 12.8. The number of benzene rings is 1. The molecule has 1 N–H and O–H groups in total. The van der Waals surface area contributed by atoms with Gasteiger partial charge in [0.05, 0.1) is 5.69 Å². The van der Waals surface area contributed by atoms with Crippen LogP contribution in [-0.2, 0) is 12.5 Å². The first-order valence-corrected chi connectivity index (χ1v) is 8.17. The van der Waals surface area contributed by atoms with Crippen molar-refractivity contribution in [1.29, 1.82) is 0 Å². The van der Waals surface area contributed by atoms with E-state index in [-0.39, 0.29) is 11.3 Å². The van der Waals surface area contributed by atoms with Crippen molar-refractivity contribution in [3.63, 3.8) is 0 Å². The molecule has 4 heteroatoms. The number of anilines is 1. The summed E-state index contributed by atoms with van der Waals surface area (Å²) in [4.78, 5) is 12.8. The fourth-order valence-electron chi connectivity index (χ4n) is 4.04. The Hall–Kier alpha value is -2.10. The van der Waals surface area contributed by atoms with Crippen molar-refractivity contribution in [2.45, 2.75) is 52.4 Å². The molecule has 1 unspecified atom stereocenters. The van der Waals surface area contributed by atoms with Crippen LogP contribution in [0.3, 0.4) is 0 Å². The molecular weight excluding hydrogens is 286 g/mol. The summed E-state index contributed by atoms with van der Waals surface area (Å²) in [6.07, 6.45) is 1.11. The van der Waals surface area contributed by atoms with E-state index in [0.29, 0.717) is 11.6 Å². The fraction of sp³-hybridized carbons (Fsp3) is 0.474. The second-order valence-electron chi connectivity index (χ2n) is 7.39. The molecule has 1 amide bonds. The van der Waals surface area contributed by atoms with Gasteiger partial charge in [0.15, 0.2) is 0 Å². The van der Waals surface area contributed by atoms with Crippen molar-refractivity contribution < 1.29 is 4.79 Å². The molecule has 0 spiro atoms. The molecule has 4 nitrogen and oxygen atoms in total. The van der Waals surface area contributed by atoms with Crippen LogP contribution in [0.2, 0.25) is 0 Å².